The van der Waals surface area contributed by atoms with Crippen molar-refractivity contribution in [2.24, 2.45) is 5.92 Å². The molecule has 2 fully saturated rings. The minimum atomic E-state index is -0.958. The van der Waals surface area contributed by atoms with Gasteiger partial charge in [-0.1, -0.05) is 66.2 Å². The summed E-state index contributed by atoms with van der Waals surface area (Å²) in [6, 6.07) is 26.7. The molecule has 7 rings (SSSR count). The van der Waals surface area contributed by atoms with Gasteiger partial charge in [-0.25, -0.2) is 9.59 Å². The maximum atomic E-state index is 13.1. The predicted molar refractivity (Wildman–Crippen MR) is 237 cm³/mol. The normalized spacial score (nSPS) is 16.2. The number of aromatic nitrogens is 1. The van der Waals surface area contributed by atoms with Crippen molar-refractivity contribution in [2.75, 3.05) is 63.6 Å². The average molecular weight is 867 g/mol. The van der Waals surface area contributed by atoms with Crippen LogP contribution in [0, 0.1) is 5.92 Å². The number of aromatic amines is 1. The number of hydrogen-bond acceptors (Lipinski definition) is 11. The first-order valence-electron chi connectivity index (χ1n) is 20.7. The number of para-hydroxylation sites is 1. The zero-order valence-electron chi connectivity index (χ0n) is 34.4. The van der Waals surface area contributed by atoms with Gasteiger partial charge >= 0.3 is 12.2 Å². The Labute approximate surface area is 363 Å². The van der Waals surface area contributed by atoms with E-state index in [9.17, 15) is 29.4 Å². The molecule has 15 nitrogen and oxygen atoms in total. The van der Waals surface area contributed by atoms with Crippen LogP contribution in [0.1, 0.15) is 42.9 Å². The molecule has 16 heteroatoms. The van der Waals surface area contributed by atoms with Gasteiger partial charge in [-0.3, -0.25) is 20.2 Å². The molecule has 2 saturated heterocycles. The Hall–Kier alpha value is -6.13. The van der Waals surface area contributed by atoms with E-state index < -0.39 is 18.3 Å². The number of ether oxygens (including phenoxy) is 3. The van der Waals surface area contributed by atoms with Gasteiger partial charge in [0.05, 0.1) is 41.7 Å². The second-order valence-electron chi connectivity index (χ2n) is 15.5. The highest BCUT2D eigenvalue weighted by molar-refractivity contribution is 6.33. The number of amides is 3. The van der Waals surface area contributed by atoms with Gasteiger partial charge in [-0.05, 0) is 54.7 Å². The fraction of sp³-hybridized carbons (Fsp3) is 0.348. The molecule has 5 aromatic rings. The molecule has 0 aliphatic carbocycles. The summed E-state index contributed by atoms with van der Waals surface area (Å²) in [7, 11) is 1.49. The van der Waals surface area contributed by atoms with E-state index in [0.717, 1.165) is 24.2 Å². The molecule has 2 aliphatic heterocycles. The number of hydrogen-bond donors (Lipinski definition) is 6. The summed E-state index contributed by atoms with van der Waals surface area (Å²) in [6.07, 6.45) is 0.140. The summed E-state index contributed by atoms with van der Waals surface area (Å²) in [5, 5.41) is 30.6. The van der Waals surface area contributed by atoms with Crippen LogP contribution < -0.4 is 26.2 Å². The molecular weight excluding hydrogens is 816 g/mol. The topological polar surface area (TPSA) is 195 Å². The van der Waals surface area contributed by atoms with Crippen LogP contribution in [-0.2, 0) is 20.8 Å². The van der Waals surface area contributed by atoms with Crippen molar-refractivity contribution in [1.82, 2.24) is 20.1 Å². The fourth-order valence-corrected chi connectivity index (χ4v) is 8.20. The Balaban J connectivity index is 0.794. The minimum Gasteiger partial charge on any atom is -0.506 e. The SMILES string of the molecule is COc1cc(NC(=O)OC[C@H]2CCN(C(=O)CCN3CCC(OC(=O)Nc4ccccc4-c4ccccc4)CC3)C2)c(Cl)cc1CNC[C@H](O)c1ccc(O)c2[nH]c(=O)ccc12. The van der Waals surface area contributed by atoms with E-state index in [1.165, 1.54) is 19.2 Å². The third-order valence-electron chi connectivity index (χ3n) is 11.3. The number of piperidine rings is 1. The van der Waals surface area contributed by atoms with Crippen LogP contribution in [-0.4, -0.2) is 102 Å². The Morgan fingerprint density at radius 1 is 0.903 bits per heavy atom. The third kappa shape index (κ3) is 11.2. The van der Waals surface area contributed by atoms with Gasteiger partial charge in [0.1, 0.15) is 17.6 Å². The molecule has 62 heavy (non-hydrogen) atoms. The second-order valence-corrected chi connectivity index (χ2v) is 15.9. The molecule has 3 heterocycles. The monoisotopic (exact) mass is 866 g/mol. The van der Waals surface area contributed by atoms with Crippen molar-refractivity contribution in [3.63, 3.8) is 0 Å². The number of methoxy groups -OCH3 is 1. The van der Waals surface area contributed by atoms with Crippen molar-refractivity contribution in [3.05, 3.63) is 117 Å². The van der Waals surface area contributed by atoms with Crippen LogP contribution in [0.2, 0.25) is 5.02 Å². The quantitative estimate of drug-likeness (QED) is 0.0642. The zero-order chi connectivity index (χ0) is 43.6. The van der Waals surface area contributed by atoms with Crippen molar-refractivity contribution in [1.29, 1.82) is 0 Å². The summed E-state index contributed by atoms with van der Waals surface area (Å²) in [5.41, 5.74) is 4.01. The fourth-order valence-electron chi connectivity index (χ4n) is 7.97. The number of rotatable bonds is 15. The van der Waals surface area contributed by atoms with Gasteiger partial charge in [-0.2, -0.15) is 0 Å². The highest BCUT2D eigenvalue weighted by Crippen LogP contribution is 2.33. The molecule has 6 N–H and O–H groups in total. The molecule has 326 valence electrons. The maximum absolute atomic E-state index is 13.1. The number of likely N-dealkylation sites (tertiary alicyclic amines) is 2. The number of halogens is 1. The maximum Gasteiger partial charge on any atom is 0.411 e. The van der Waals surface area contributed by atoms with E-state index in [0.29, 0.717) is 79.0 Å². The van der Waals surface area contributed by atoms with E-state index in [4.69, 9.17) is 25.8 Å². The molecule has 1 aromatic heterocycles. The molecule has 2 atom stereocenters. The van der Waals surface area contributed by atoms with Crippen LogP contribution in [0.4, 0.5) is 21.0 Å². The molecular formula is C46H51ClN6O9. The zero-order valence-corrected chi connectivity index (χ0v) is 35.2. The van der Waals surface area contributed by atoms with E-state index in [-0.39, 0.29) is 59.5 Å². The number of nitrogens with zero attached hydrogens (tertiary/aromatic N) is 2. The van der Waals surface area contributed by atoms with Gasteiger partial charge < -0.3 is 44.5 Å². The van der Waals surface area contributed by atoms with Gasteiger partial charge in [0.15, 0.2) is 0 Å². The molecule has 0 radical (unpaired) electrons. The van der Waals surface area contributed by atoms with Crippen molar-refractivity contribution < 1.29 is 38.8 Å². The molecule has 3 amide bonds. The molecule has 0 unspecified atom stereocenters. The number of aromatic hydroxyl groups is 1. The first-order valence-corrected chi connectivity index (χ1v) is 21.1. The van der Waals surface area contributed by atoms with E-state index in [2.05, 4.69) is 25.8 Å². The Morgan fingerprint density at radius 2 is 1.66 bits per heavy atom. The molecule has 0 spiro atoms. The number of aliphatic hydroxyl groups excluding tert-OH is 1. The van der Waals surface area contributed by atoms with E-state index in [1.54, 1.807) is 24.3 Å². The van der Waals surface area contributed by atoms with E-state index >= 15 is 0 Å². The number of nitrogens with one attached hydrogen (secondary N) is 4. The summed E-state index contributed by atoms with van der Waals surface area (Å²) >= 11 is 6.55. The van der Waals surface area contributed by atoms with Crippen molar-refractivity contribution >= 4 is 52.0 Å². The lowest BCUT2D eigenvalue weighted by molar-refractivity contribution is -0.130. The standard InChI is InChI=1S/C46H51ClN6O9/c1-60-41-24-38(36(47)23-31(41)25-48-26-40(55)34-11-13-39(54)44-35(34)12-14-42(56)51-44)50-45(58)61-28-29-15-22-53(27-29)43(57)18-21-52-19-16-32(17-20-52)62-46(59)49-37-10-6-5-9-33(37)30-7-3-2-4-8-30/h2-14,23-24,29,32,40,48,54-55H,15-22,25-28H2,1H3,(H,49,59)(H,50,58)(H,51,56)/t29-,40-/m0/s1. The van der Waals surface area contributed by atoms with Crippen LogP contribution in [0.25, 0.3) is 22.0 Å². The lowest BCUT2D eigenvalue weighted by Crippen LogP contribution is -2.40. The number of carbonyl (C=O) groups is 3. The summed E-state index contributed by atoms with van der Waals surface area (Å²) < 4.78 is 16.9. The summed E-state index contributed by atoms with van der Waals surface area (Å²) in [5.74, 6) is 0.414. The number of pyridine rings is 1. The number of H-pyrrole nitrogens is 1. The highest BCUT2D eigenvalue weighted by atomic mass is 35.5. The number of fused-ring (bicyclic) bond motifs is 1. The summed E-state index contributed by atoms with van der Waals surface area (Å²) in [4.78, 5) is 57.1. The van der Waals surface area contributed by atoms with Gasteiger partial charge in [0.25, 0.3) is 0 Å². The molecule has 0 saturated carbocycles. The van der Waals surface area contributed by atoms with Crippen molar-refractivity contribution in [3.8, 4) is 22.6 Å². The molecule has 4 aromatic carbocycles. The van der Waals surface area contributed by atoms with Gasteiger partial charge in [0, 0.05) is 86.8 Å². The first-order chi connectivity index (χ1) is 30.0. The number of carbonyl (C=O) groups excluding carboxylic acids is 3. The number of phenolic OH excluding ortho intramolecular Hbond substituents is 1. The summed E-state index contributed by atoms with van der Waals surface area (Å²) in [6.45, 7) is 3.71. The van der Waals surface area contributed by atoms with E-state index in [1.807, 2.05) is 59.5 Å². The van der Waals surface area contributed by atoms with Crippen LogP contribution in [0.5, 0.6) is 11.5 Å². The third-order valence-corrected chi connectivity index (χ3v) is 11.6. The minimum absolute atomic E-state index is 0.000868. The van der Waals surface area contributed by atoms with Gasteiger partial charge in [-0.15, -0.1) is 0 Å². The number of benzene rings is 4. The van der Waals surface area contributed by atoms with Crippen LogP contribution in [0.15, 0.2) is 95.8 Å². The van der Waals surface area contributed by atoms with Crippen molar-refractivity contribution in [2.45, 2.75) is 44.4 Å². The number of anilines is 2. The molecule has 2 aliphatic rings. The Bertz CT molecular complexity index is 2420. The Kier molecular flexibility index (Phi) is 14.6. The second kappa shape index (κ2) is 20.6. The first kappa shape index (κ1) is 43.9. The highest BCUT2D eigenvalue weighted by Gasteiger charge is 2.29. The number of aliphatic hydroxyl groups is 1. The number of phenols is 1. The smallest absolute Gasteiger partial charge is 0.411 e. The lowest BCUT2D eigenvalue weighted by Gasteiger charge is -2.31. The lowest BCUT2D eigenvalue weighted by atomic mass is 10.0. The Morgan fingerprint density at radius 3 is 2.45 bits per heavy atom. The van der Waals surface area contributed by atoms with Crippen LogP contribution >= 0.6 is 11.6 Å². The van der Waals surface area contributed by atoms with Gasteiger partial charge in [0.2, 0.25) is 11.5 Å². The predicted octanol–water partition coefficient (Wildman–Crippen LogP) is 6.89. The largest absolute Gasteiger partial charge is 0.506 e. The van der Waals surface area contributed by atoms with Crippen LogP contribution in [0.3, 0.4) is 0 Å². The molecule has 0 bridgehead atoms. The average Bonchev–Trinajstić information content (AvgIpc) is 3.76.